The van der Waals surface area contributed by atoms with E-state index in [4.69, 9.17) is 14.0 Å². The van der Waals surface area contributed by atoms with Gasteiger partial charge in [-0.3, -0.25) is 0 Å². The number of halogens is 4. The minimum Gasteiger partial charge on any atom is -0.363 e. The van der Waals surface area contributed by atoms with Gasteiger partial charge in [0, 0.05) is 11.1 Å². The van der Waals surface area contributed by atoms with Crippen LogP contribution in [-0.2, 0) is 16.0 Å². The standard InChI is InChI=1S/C16H13F4N5O3/c17-11-5-9(1-2-10(11)6-25-7-21-22-8-25)14-23-15(28-24-14)12-13(16(18,19)20)27-4-3-26-12/h1-2,5,7-8,12-13H,3-4,6H2/t12-,13+/m1/s1. The molecule has 1 aromatic carbocycles. The molecule has 3 heterocycles. The number of nitrogens with zero attached hydrogens (tertiary/aromatic N) is 5. The van der Waals surface area contributed by atoms with Gasteiger partial charge in [0.25, 0.3) is 5.89 Å². The van der Waals surface area contributed by atoms with E-state index in [2.05, 4.69) is 20.3 Å². The molecule has 1 saturated heterocycles. The topological polar surface area (TPSA) is 88.1 Å². The van der Waals surface area contributed by atoms with E-state index < -0.39 is 24.2 Å². The molecule has 0 bridgehead atoms. The van der Waals surface area contributed by atoms with Crippen LogP contribution in [0.2, 0.25) is 0 Å². The fourth-order valence-corrected chi connectivity index (χ4v) is 2.77. The summed E-state index contributed by atoms with van der Waals surface area (Å²) in [6.45, 7) is -0.0146. The number of rotatable bonds is 4. The molecule has 1 aliphatic heterocycles. The SMILES string of the molecule is Fc1cc(-c2noc([C@@H]3OCCO[C@@H]3C(F)(F)F)n2)ccc1Cn1cnnc1. The van der Waals surface area contributed by atoms with Gasteiger partial charge >= 0.3 is 6.18 Å². The summed E-state index contributed by atoms with van der Waals surface area (Å²) in [7, 11) is 0. The van der Waals surface area contributed by atoms with E-state index in [9.17, 15) is 17.6 Å². The highest BCUT2D eigenvalue weighted by atomic mass is 19.4. The molecule has 2 atom stereocenters. The third-order valence-corrected chi connectivity index (χ3v) is 4.09. The van der Waals surface area contributed by atoms with Crippen LogP contribution in [0.15, 0.2) is 35.4 Å². The summed E-state index contributed by atoms with van der Waals surface area (Å²) in [5, 5.41) is 10.9. The van der Waals surface area contributed by atoms with Crippen molar-refractivity contribution in [1.29, 1.82) is 0 Å². The lowest BCUT2D eigenvalue weighted by Gasteiger charge is -2.30. The van der Waals surface area contributed by atoms with Crippen LogP contribution >= 0.6 is 0 Å². The zero-order valence-electron chi connectivity index (χ0n) is 14.1. The van der Waals surface area contributed by atoms with Crippen LogP contribution < -0.4 is 0 Å². The Morgan fingerprint density at radius 1 is 1.11 bits per heavy atom. The summed E-state index contributed by atoms with van der Waals surface area (Å²) < 4.78 is 70.1. The Labute approximate surface area is 155 Å². The molecule has 1 fully saturated rings. The normalized spacial score (nSPS) is 20.4. The van der Waals surface area contributed by atoms with Gasteiger partial charge in [0.1, 0.15) is 18.5 Å². The monoisotopic (exact) mass is 399 g/mol. The molecule has 0 saturated carbocycles. The van der Waals surface area contributed by atoms with Gasteiger partial charge in [0.15, 0.2) is 12.2 Å². The Morgan fingerprint density at radius 2 is 1.86 bits per heavy atom. The fourth-order valence-electron chi connectivity index (χ4n) is 2.77. The molecular weight excluding hydrogens is 386 g/mol. The van der Waals surface area contributed by atoms with Gasteiger partial charge in [-0.05, 0) is 6.07 Å². The van der Waals surface area contributed by atoms with Crippen molar-refractivity contribution in [2.75, 3.05) is 13.2 Å². The first-order chi connectivity index (χ1) is 13.4. The van der Waals surface area contributed by atoms with Gasteiger partial charge in [-0.2, -0.15) is 18.2 Å². The summed E-state index contributed by atoms with van der Waals surface area (Å²) in [6.07, 6.45) is -5.55. The first kappa shape index (κ1) is 18.5. The molecule has 148 valence electrons. The van der Waals surface area contributed by atoms with Crippen LogP contribution in [0.1, 0.15) is 17.6 Å². The third kappa shape index (κ3) is 3.73. The first-order valence-electron chi connectivity index (χ1n) is 8.16. The molecule has 1 aliphatic rings. The largest absolute Gasteiger partial charge is 0.417 e. The van der Waals surface area contributed by atoms with Crippen LogP contribution in [0.4, 0.5) is 17.6 Å². The van der Waals surface area contributed by atoms with Crippen LogP contribution in [0.5, 0.6) is 0 Å². The second-order valence-corrected chi connectivity index (χ2v) is 6.02. The van der Waals surface area contributed by atoms with Crippen molar-refractivity contribution in [3.63, 3.8) is 0 Å². The van der Waals surface area contributed by atoms with E-state index in [-0.39, 0.29) is 37.0 Å². The molecule has 3 aromatic rings. The maximum absolute atomic E-state index is 14.4. The molecule has 8 nitrogen and oxygen atoms in total. The van der Waals surface area contributed by atoms with Crippen molar-refractivity contribution in [3.05, 3.63) is 48.1 Å². The quantitative estimate of drug-likeness (QED) is 0.623. The Hall–Kier alpha value is -2.86. The average Bonchev–Trinajstić information content (AvgIpc) is 3.35. The Bertz CT molecular complexity index is 944. The van der Waals surface area contributed by atoms with Gasteiger partial charge < -0.3 is 18.6 Å². The van der Waals surface area contributed by atoms with Crippen LogP contribution in [0.25, 0.3) is 11.4 Å². The predicted molar refractivity (Wildman–Crippen MR) is 83.3 cm³/mol. The van der Waals surface area contributed by atoms with E-state index in [1.807, 2.05) is 0 Å². The molecule has 0 spiro atoms. The number of aromatic nitrogens is 5. The maximum atomic E-state index is 14.4. The molecular formula is C16H13F4N5O3. The summed E-state index contributed by atoms with van der Waals surface area (Å²) in [5.41, 5.74) is 0.619. The van der Waals surface area contributed by atoms with Crippen LogP contribution in [-0.4, -0.2) is 50.4 Å². The second kappa shape index (κ2) is 7.28. The summed E-state index contributed by atoms with van der Waals surface area (Å²) in [5.74, 6) is -0.978. The van der Waals surface area contributed by atoms with Crippen LogP contribution in [0.3, 0.4) is 0 Å². The molecule has 0 radical (unpaired) electrons. The number of alkyl halides is 3. The van der Waals surface area contributed by atoms with Crippen molar-refractivity contribution in [2.45, 2.75) is 24.9 Å². The highest BCUT2D eigenvalue weighted by Crippen LogP contribution is 2.37. The van der Waals surface area contributed by atoms with Crippen molar-refractivity contribution >= 4 is 0 Å². The minimum atomic E-state index is -4.66. The van der Waals surface area contributed by atoms with E-state index in [1.54, 1.807) is 4.57 Å². The molecule has 2 aromatic heterocycles. The zero-order valence-corrected chi connectivity index (χ0v) is 14.1. The Balaban J connectivity index is 1.56. The highest BCUT2D eigenvalue weighted by molar-refractivity contribution is 5.55. The fraction of sp³-hybridized carbons (Fsp3) is 0.375. The Morgan fingerprint density at radius 3 is 2.57 bits per heavy atom. The molecule has 0 N–H and O–H groups in total. The van der Waals surface area contributed by atoms with E-state index >= 15 is 0 Å². The zero-order chi connectivity index (χ0) is 19.7. The first-order valence-corrected chi connectivity index (χ1v) is 8.16. The van der Waals surface area contributed by atoms with Gasteiger partial charge in [0.05, 0.1) is 19.8 Å². The molecule has 0 aliphatic carbocycles. The van der Waals surface area contributed by atoms with E-state index in [0.717, 1.165) is 0 Å². The molecule has 4 rings (SSSR count). The van der Waals surface area contributed by atoms with Gasteiger partial charge in [-0.1, -0.05) is 17.3 Å². The van der Waals surface area contributed by atoms with Crippen molar-refractivity contribution in [1.82, 2.24) is 24.9 Å². The van der Waals surface area contributed by atoms with Crippen molar-refractivity contribution in [2.24, 2.45) is 0 Å². The van der Waals surface area contributed by atoms with Crippen molar-refractivity contribution in [3.8, 4) is 11.4 Å². The van der Waals surface area contributed by atoms with Crippen molar-refractivity contribution < 1.29 is 31.6 Å². The summed E-state index contributed by atoms with van der Waals surface area (Å²) >= 11 is 0. The average molecular weight is 399 g/mol. The maximum Gasteiger partial charge on any atom is 0.417 e. The Kier molecular flexibility index (Phi) is 4.81. The number of hydrogen-bond acceptors (Lipinski definition) is 7. The van der Waals surface area contributed by atoms with Crippen LogP contribution in [0, 0.1) is 5.82 Å². The summed E-state index contributed by atoms with van der Waals surface area (Å²) in [4.78, 5) is 3.94. The van der Waals surface area contributed by atoms with Gasteiger partial charge in [-0.15, -0.1) is 10.2 Å². The molecule has 12 heteroatoms. The predicted octanol–water partition coefficient (Wildman–Crippen LogP) is 2.53. The number of ether oxygens (including phenoxy) is 2. The number of benzene rings is 1. The number of hydrogen-bond donors (Lipinski definition) is 0. The lowest BCUT2D eigenvalue weighted by Crippen LogP contribution is -2.43. The lowest BCUT2D eigenvalue weighted by atomic mass is 10.1. The second-order valence-electron chi connectivity index (χ2n) is 6.02. The molecule has 0 unspecified atom stereocenters. The van der Waals surface area contributed by atoms with E-state index in [1.165, 1.54) is 30.9 Å². The third-order valence-electron chi connectivity index (χ3n) is 4.09. The summed E-state index contributed by atoms with van der Waals surface area (Å²) in [6, 6.07) is 4.23. The molecule has 0 amide bonds. The smallest absolute Gasteiger partial charge is 0.363 e. The molecule has 28 heavy (non-hydrogen) atoms. The highest BCUT2D eigenvalue weighted by Gasteiger charge is 2.50. The van der Waals surface area contributed by atoms with Gasteiger partial charge in [-0.25, -0.2) is 4.39 Å². The van der Waals surface area contributed by atoms with E-state index in [0.29, 0.717) is 5.56 Å². The van der Waals surface area contributed by atoms with Gasteiger partial charge in [0.2, 0.25) is 5.82 Å². The minimum absolute atomic E-state index is 0.0403. The lowest BCUT2D eigenvalue weighted by molar-refractivity contribution is -0.283.